The summed E-state index contributed by atoms with van der Waals surface area (Å²) in [5, 5.41) is 48.5. The van der Waals surface area contributed by atoms with Gasteiger partial charge in [0.1, 0.15) is 50.6 Å². The van der Waals surface area contributed by atoms with Gasteiger partial charge in [-0.05, 0) is 54.4 Å². The second kappa shape index (κ2) is 47.2. The molecule has 752 valence electrons. The molecule has 20 aromatic rings. The summed E-state index contributed by atoms with van der Waals surface area (Å²) in [6, 6.07) is 17.1. The molecule has 1 saturated heterocycles. The minimum absolute atomic E-state index is 0. The number of rotatable bonds is 22. The SMILES string of the molecule is C.C.C.C.C.C.C.CCC(=O)Cc1ccc(-c2cnc3n[nH]c(-c4nc5c(C(=O)NC)cncc5[nH]4)c3c2)cn1.CCC(=O)Nc1cncc(-c2cnc3n[nH]c(-c4nc5c(C(=O)N6CCOCC6)cncc5[nH]4)c3c2)c1.CNC(=O)c1cncc2[nH]c(-c3[nH]nc4ncc(-c5cncc(NC(=O)C(C)C)c5)cc34)nc12.CNC(=O)c1cncc2[nH]c(-c3[nH]nc4ncc(-c5cncc(NC(=O)CC(C)C)c5)cc34)nc12. The van der Waals surface area contributed by atoms with E-state index in [2.05, 4.69) is 167 Å². The molecule has 0 saturated carbocycles. The van der Waals surface area contributed by atoms with Gasteiger partial charge in [-0.2, -0.15) is 20.4 Å². The number of pyridine rings is 12. The molecular weight excluding hydrogens is 1860 g/mol. The molecule has 44 heteroatoms. The van der Waals surface area contributed by atoms with E-state index in [0.29, 0.717) is 204 Å². The minimum atomic E-state index is -0.272. The molecule has 21 rings (SSSR count). The highest BCUT2D eigenvalue weighted by atomic mass is 16.5. The molecule has 0 aromatic carbocycles. The number of ketones is 1. The van der Waals surface area contributed by atoms with Crippen molar-refractivity contribution in [1.82, 2.24) is 161 Å². The molecule has 0 bridgehead atoms. The number of carbonyl (C=O) groups excluding carboxylic acids is 8. The van der Waals surface area contributed by atoms with E-state index in [1.807, 2.05) is 89.2 Å². The maximum absolute atomic E-state index is 13.2. The van der Waals surface area contributed by atoms with Crippen LogP contribution in [0.25, 0.3) is 179 Å². The highest BCUT2D eigenvalue weighted by molar-refractivity contribution is 6.10. The normalized spacial score (nSPS) is 11.4. The van der Waals surface area contributed by atoms with E-state index in [-0.39, 0.29) is 111 Å². The lowest BCUT2D eigenvalue weighted by Crippen LogP contribution is -2.40. The van der Waals surface area contributed by atoms with Gasteiger partial charge in [-0.3, -0.25) is 98.6 Å². The summed E-state index contributed by atoms with van der Waals surface area (Å²) in [5.41, 5.74) is 19.9. The molecule has 1 aliphatic rings. The maximum Gasteiger partial charge on any atom is 0.257 e. The molecular formula is C102H115N35O9. The van der Waals surface area contributed by atoms with Crippen LogP contribution in [-0.2, 0) is 30.3 Å². The van der Waals surface area contributed by atoms with Crippen LogP contribution < -0.4 is 31.9 Å². The van der Waals surface area contributed by atoms with E-state index in [4.69, 9.17) is 9.72 Å². The number of aromatic amines is 8. The number of hydrogen-bond donors (Lipinski definition) is 14. The number of anilines is 3. The number of hydrogen-bond acceptors (Lipinski definition) is 29. The Morgan fingerprint density at radius 1 is 0.363 bits per heavy atom. The Balaban J connectivity index is 0.000000182. The van der Waals surface area contributed by atoms with Crippen molar-refractivity contribution in [2.45, 2.75) is 119 Å². The molecule has 0 unspecified atom stereocenters. The molecule has 44 nitrogen and oxygen atoms in total. The summed E-state index contributed by atoms with van der Waals surface area (Å²) in [7, 11) is 4.68. The zero-order valence-corrected chi connectivity index (χ0v) is 76.0. The van der Waals surface area contributed by atoms with Gasteiger partial charge in [0.2, 0.25) is 17.7 Å². The van der Waals surface area contributed by atoms with Crippen molar-refractivity contribution < 1.29 is 43.1 Å². The minimum Gasteiger partial charge on any atom is -0.378 e. The first-order chi connectivity index (χ1) is 67.5. The largest absolute Gasteiger partial charge is 0.378 e. The molecule has 1 fully saturated rings. The van der Waals surface area contributed by atoms with Crippen LogP contribution in [-0.4, -0.2) is 240 Å². The number of morpholine rings is 1. The van der Waals surface area contributed by atoms with Gasteiger partial charge in [-0.25, -0.2) is 39.9 Å². The summed E-state index contributed by atoms with van der Waals surface area (Å²) < 4.78 is 5.37. The monoisotopic (exact) mass is 1970 g/mol. The molecule has 7 amide bonds. The summed E-state index contributed by atoms with van der Waals surface area (Å²) in [4.78, 5) is 182. The first kappa shape index (κ1) is 108. The van der Waals surface area contributed by atoms with Gasteiger partial charge in [-0.1, -0.05) is 99.6 Å². The van der Waals surface area contributed by atoms with Crippen LogP contribution in [0.3, 0.4) is 0 Å². The second-order valence-electron chi connectivity index (χ2n) is 32.8. The topological polar surface area (TPSA) is 605 Å². The number of nitrogens with zero attached hydrogens (tertiary/aromatic N) is 21. The van der Waals surface area contributed by atoms with Crippen molar-refractivity contribution in [3.63, 3.8) is 0 Å². The van der Waals surface area contributed by atoms with Crippen LogP contribution in [0.4, 0.5) is 17.1 Å². The molecule has 0 radical (unpaired) electrons. The predicted molar refractivity (Wildman–Crippen MR) is 563 cm³/mol. The van der Waals surface area contributed by atoms with E-state index in [9.17, 15) is 38.4 Å². The van der Waals surface area contributed by atoms with Gasteiger partial charge in [-0.15, -0.1) is 0 Å². The van der Waals surface area contributed by atoms with Gasteiger partial charge >= 0.3 is 0 Å². The lowest BCUT2D eigenvalue weighted by Gasteiger charge is -2.26. The zero-order valence-electron chi connectivity index (χ0n) is 76.0. The fourth-order valence-corrected chi connectivity index (χ4v) is 15.3. The Morgan fingerprint density at radius 3 is 1.01 bits per heavy atom. The second-order valence-corrected chi connectivity index (χ2v) is 32.8. The van der Waals surface area contributed by atoms with Crippen molar-refractivity contribution in [3.05, 3.63) is 200 Å². The van der Waals surface area contributed by atoms with E-state index in [1.54, 1.807) is 132 Å². The van der Waals surface area contributed by atoms with Crippen LogP contribution in [0.5, 0.6) is 0 Å². The van der Waals surface area contributed by atoms with E-state index < -0.39 is 0 Å². The fourth-order valence-electron chi connectivity index (χ4n) is 15.3. The Kier molecular flexibility index (Phi) is 34.9. The average molecular weight is 1980 g/mol. The lowest BCUT2D eigenvalue weighted by molar-refractivity contribution is -0.119. The third-order valence-electron chi connectivity index (χ3n) is 22.5. The van der Waals surface area contributed by atoms with Gasteiger partial charge in [0.25, 0.3) is 23.6 Å². The molecule has 1 aliphatic heterocycles. The summed E-state index contributed by atoms with van der Waals surface area (Å²) >= 11 is 0. The van der Waals surface area contributed by atoms with Crippen LogP contribution in [0.2, 0.25) is 0 Å². The van der Waals surface area contributed by atoms with Crippen molar-refractivity contribution in [2.75, 3.05) is 63.4 Å². The summed E-state index contributed by atoms with van der Waals surface area (Å²) in [6.45, 7) is 13.4. The van der Waals surface area contributed by atoms with Crippen LogP contribution >= 0.6 is 0 Å². The Bertz CT molecular complexity index is 8140. The Hall–Kier alpha value is -18.5. The number of fused-ring (bicyclic) bond motifs is 8. The third-order valence-corrected chi connectivity index (χ3v) is 22.5. The van der Waals surface area contributed by atoms with Gasteiger partial charge in [0, 0.05) is 190 Å². The maximum atomic E-state index is 13.2. The van der Waals surface area contributed by atoms with Crippen LogP contribution in [0.15, 0.2) is 172 Å². The molecule has 20 aromatic heterocycles. The zero-order chi connectivity index (χ0) is 96.6. The van der Waals surface area contributed by atoms with Gasteiger partial charge in [0.15, 0.2) is 45.9 Å². The predicted octanol–water partition coefficient (Wildman–Crippen LogP) is 16.3. The number of aromatic nitrogens is 28. The van der Waals surface area contributed by atoms with Crippen LogP contribution in [0, 0.1) is 11.8 Å². The quantitative estimate of drug-likeness (QED) is 0.0300. The fraction of sp³-hybridized carbons (Fsp3) is 0.255. The Morgan fingerprint density at radius 2 is 0.685 bits per heavy atom. The van der Waals surface area contributed by atoms with Crippen LogP contribution in [0.1, 0.15) is 160 Å². The van der Waals surface area contributed by atoms with E-state index >= 15 is 0 Å². The highest BCUT2D eigenvalue weighted by Gasteiger charge is 2.28. The third kappa shape index (κ3) is 22.9. The Labute approximate surface area is 837 Å². The lowest BCUT2D eigenvalue weighted by atomic mass is 10.1. The van der Waals surface area contributed by atoms with E-state index in [1.165, 1.54) is 18.6 Å². The number of carbonyl (C=O) groups is 8. The molecule has 0 aliphatic carbocycles. The van der Waals surface area contributed by atoms with Crippen molar-refractivity contribution in [3.8, 4) is 90.6 Å². The highest BCUT2D eigenvalue weighted by Crippen LogP contribution is 2.37. The first-order valence-electron chi connectivity index (χ1n) is 44.0. The first-order valence-corrected chi connectivity index (χ1v) is 44.0. The number of Topliss-reactive ketones (excluding diaryl/α,β-unsaturated/α-hetero) is 1. The van der Waals surface area contributed by atoms with Gasteiger partial charge in [0.05, 0.1) is 140 Å². The van der Waals surface area contributed by atoms with Gasteiger partial charge < -0.3 is 61.5 Å². The molecule has 0 spiro atoms. The van der Waals surface area contributed by atoms with E-state index in [0.717, 1.165) is 71.7 Å². The summed E-state index contributed by atoms with van der Waals surface area (Å²) in [6.07, 6.45) is 32.7. The smallest absolute Gasteiger partial charge is 0.257 e. The molecule has 21 heterocycles. The number of amides is 7. The molecule has 0 atom stereocenters. The number of imidazole rings is 4. The number of nitrogens with one attached hydrogen (secondary N) is 14. The number of H-pyrrole nitrogens is 8. The summed E-state index contributed by atoms with van der Waals surface area (Å²) in [5.74, 6) is 1.17. The average Bonchev–Trinajstić information content (AvgIpc) is 1.62. The van der Waals surface area contributed by atoms with Crippen molar-refractivity contribution >= 4 is 152 Å². The standard InChI is InChI=1S/C25H23N9O3.C24H23N9O2.C23H21N9O2.C23H20N8O2.7CH4/c1-2-20(35)29-16-7-14(9-26-11-16)15-8-17-22(32-33-23(17)28-10-15)24-30-19-13-27-12-18(21(19)31-24)25(36)34-3-5-37-6-4-34;1-12(2)4-19(34)29-15-5-13(7-26-9-15)14-6-16-21(32-33-22(16)28-8-14)23-30-18-11-27-10-17(20(18)31-23)24(35)25-3;1-11(2)22(33)28-14-4-12(6-25-8-14)13-5-15-19(31-32-20(15)27-7-13)21-29-17-10-26-9-16(18(17)30-21)23(34)24-3;1-3-15(32)7-14-5-4-12(8-26-14)13-6-16-20(30-31-21(16)27-9-13)22-28-18-11-25-10-17(19(18)29-22)23(33)24-2;;;;;;;/h7-13H,2-6H2,1H3,(H,29,35)(H,30,31)(H,28,32,33);5-12H,4H2,1-3H3,(H,25,35)(H,29,34)(H,30,31)(H,28,32,33);4-11H,1-3H3,(H,24,34)(H,28,33)(H,29,30)(H,27,31,32);4-6,8-11H,3,7H2,1-2H3,(H,24,33)(H,28,29)(H,27,30,31);7*1H4. The number of ether oxygens (including phenoxy) is 1. The van der Waals surface area contributed by atoms with Crippen molar-refractivity contribution in [1.29, 1.82) is 0 Å². The molecule has 146 heavy (non-hydrogen) atoms. The molecule has 14 N–H and O–H groups in total. The van der Waals surface area contributed by atoms with Crippen molar-refractivity contribution in [2.24, 2.45) is 11.8 Å².